The molecule has 0 unspecified atom stereocenters. The van der Waals surface area contributed by atoms with Crippen molar-refractivity contribution in [2.45, 2.75) is 43.9 Å². The molecule has 2 aliphatic carbocycles. The van der Waals surface area contributed by atoms with E-state index in [0.717, 1.165) is 35.1 Å². The van der Waals surface area contributed by atoms with Crippen LogP contribution in [0.25, 0.3) is 22.3 Å². The van der Waals surface area contributed by atoms with Gasteiger partial charge in [-0.2, -0.15) is 0 Å². The molecule has 4 aromatic carbocycles. The van der Waals surface area contributed by atoms with Crippen molar-refractivity contribution in [3.63, 3.8) is 0 Å². The Bertz CT molecular complexity index is 1340. The quantitative estimate of drug-likeness (QED) is 0.277. The maximum atomic E-state index is 14.0. The Labute approximate surface area is 207 Å². The predicted molar refractivity (Wildman–Crippen MR) is 141 cm³/mol. The fraction of sp³-hybridized carbons (Fsp3) is 0.242. The lowest BCUT2D eigenvalue weighted by molar-refractivity contribution is -0.148. The second-order valence-corrected chi connectivity index (χ2v) is 9.74. The first-order valence-corrected chi connectivity index (χ1v) is 12.7. The van der Waals surface area contributed by atoms with Crippen molar-refractivity contribution < 1.29 is 9.53 Å². The van der Waals surface area contributed by atoms with Gasteiger partial charge in [0, 0.05) is 5.41 Å². The zero-order valence-corrected chi connectivity index (χ0v) is 20.4. The Morgan fingerprint density at radius 2 is 1.00 bits per heavy atom. The van der Waals surface area contributed by atoms with Gasteiger partial charge < -0.3 is 4.74 Å². The Kier molecular flexibility index (Phi) is 5.14. The summed E-state index contributed by atoms with van der Waals surface area (Å²) < 4.78 is 5.82. The molecular formula is C33H30O2. The molecule has 0 saturated heterocycles. The summed E-state index contributed by atoms with van der Waals surface area (Å²) in [7, 11) is 0. The third-order valence-corrected chi connectivity index (χ3v) is 8.39. The second-order valence-electron chi connectivity index (χ2n) is 9.74. The highest BCUT2D eigenvalue weighted by Crippen LogP contribution is 2.57. The molecule has 0 saturated carbocycles. The van der Waals surface area contributed by atoms with Crippen molar-refractivity contribution in [3.05, 3.63) is 119 Å². The first-order valence-electron chi connectivity index (χ1n) is 12.7. The van der Waals surface area contributed by atoms with Crippen LogP contribution in [0.15, 0.2) is 97.1 Å². The number of carbonyl (C=O) groups is 1. The summed E-state index contributed by atoms with van der Waals surface area (Å²) in [6, 6.07) is 34.4. The van der Waals surface area contributed by atoms with E-state index in [1.807, 2.05) is 6.92 Å². The molecule has 35 heavy (non-hydrogen) atoms. The molecule has 0 atom stereocenters. The molecule has 0 aromatic heterocycles. The van der Waals surface area contributed by atoms with Gasteiger partial charge >= 0.3 is 5.97 Å². The van der Waals surface area contributed by atoms with E-state index in [0.29, 0.717) is 13.0 Å². The molecule has 4 aromatic rings. The van der Waals surface area contributed by atoms with E-state index in [-0.39, 0.29) is 11.4 Å². The van der Waals surface area contributed by atoms with Crippen LogP contribution in [0.1, 0.15) is 55.4 Å². The summed E-state index contributed by atoms with van der Waals surface area (Å²) in [4.78, 5) is 14.0. The van der Waals surface area contributed by atoms with Crippen LogP contribution < -0.4 is 0 Å². The third kappa shape index (κ3) is 2.92. The summed E-state index contributed by atoms with van der Waals surface area (Å²) in [5.41, 5.74) is 8.89. The molecule has 0 N–H and O–H groups in total. The Hall–Kier alpha value is -3.65. The van der Waals surface area contributed by atoms with Crippen LogP contribution in [0, 0.1) is 0 Å². The van der Waals surface area contributed by atoms with Gasteiger partial charge in [0.05, 0.1) is 6.61 Å². The highest BCUT2D eigenvalue weighted by molar-refractivity contribution is 5.98. The Balaban J connectivity index is 1.54. The van der Waals surface area contributed by atoms with Gasteiger partial charge in [-0.05, 0) is 70.7 Å². The smallest absolute Gasteiger partial charge is 0.321 e. The second kappa shape index (κ2) is 8.23. The van der Waals surface area contributed by atoms with Gasteiger partial charge in [-0.1, -0.05) is 104 Å². The van der Waals surface area contributed by atoms with E-state index in [1.165, 1.54) is 22.3 Å². The van der Waals surface area contributed by atoms with Crippen molar-refractivity contribution >= 4 is 5.97 Å². The molecule has 0 heterocycles. The first kappa shape index (κ1) is 21.9. The Morgan fingerprint density at radius 1 is 0.600 bits per heavy atom. The van der Waals surface area contributed by atoms with Gasteiger partial charge in [-0.25, -0.2) is 0 Å². The van der Waals surface area contributed by atoms with Crippen LogP contribution in [0.4, 0.5) is 0 Å². The highest BCUT2D eigenvalue weighted by Gasteiger charge is 2.52. The van der Waals surface area contributed by atoms with Crippen molar-refractivity contribution in [2.24, 2.45) is 0 Å². The van der Waals surface area contributed by atoms with Gasteiger partial charge in [-0.15, -0.1) is 0 Å². The zero-order chi connectivity index (χ0) is 24.0. The van der Waals surface area contributed by atoms with Crippen LogP contribution in [-0.2, 0) is 20.4 Å². The van der Waals surface area contributed by atoms with E-state index < -0.39 is 5.41 Å². The van der Waals surface area contributed by atoms with Crippen LogP contribution in [0.5, 0.6) is 0 Å². The summed E-state index contributed by atoms with van der Waals surface area (Å²) in [5.74, 6) is -0.136. The highest BCUT2D eigenvalue weighted by atomic mass is 16.5. The van der Waals surface area contributed by atoms with E-state index in [9.17, 15) is 4.79 Å². The summed E-state index contributed by atoms with van der Waals surface area (Å²) in [6.45, 7) is 4.55. The number of fused-ring (bicyclic) bond motifs is 6. The maximum absolute atomic E-state index is 14.0. The molecular weight excluding hydrogens is 428 g/mol. The topological polar surface area (TPSA) is 26.3 Å². The molecule has 0 radical (unpaired) electrons. The Morgan fingerprint density at radius 3 is 1.43 bits per heavy atom. The van der Waals surface area contributed by atoms with E-state index >= 15 is 0 Å². The number of hydrogen-bond donors (Lipinski definition) is 0. The fourth-order valence-electron chi connectivity index (χ4n) is 6.81. The third-order valence-electron chi connectivity index (χ3n) is 8.39. The van der Waals surface area contributed by atoms with E-state index in [2.05, 4.69) is 104 Å². The van der Waals surface area contributed by atoms with Crippen LogP contribution in [-0.4, -0.2) is 12.6 Å². The minimum atomic E-state index is -0.808. The first-order chi connectivity index (χ1) is 17.2. The average Bonchev–Trinajstić information content (AvgIpc) is 3.36. The minimum Gasteiger partial charge on any atom is -0.465 e. The lowest BCUT2D eigenvalue weighted by Gasteiger charge is -2.36. The molecule has 174 valence electrons. The maximum Gasteiger partial charge on any atom is 0.321 e. The molecule has 0 spiro atoms. The fourth-order valence-corrected chi connectivity index (χ4v) is 6.81. The largest absolute Gasteiger partial charge is 0.465 e. The summed E-state index contributed by atoms with van der Waals surface area (Å²) >= 11 is 0. The number of hydrogen-bond acceptors (Lipinski definition) is 2. The molecule has 2 heteroatoms. The zero-order valence-electron chi connectivity index (χ0n) is 20.4. The molecule has 0 bridgehead atoms. The summed E-state index contributed by atoms with van der Waals surface area (Å²) in [6.07, 6.45) is 2.53. The number of rotatable bonds is 6. The molecule has 0 aliphatic heterocycles. The van der Waals surface area contributed by atoms with Crippen molar-refractivity contribution in [2.75, 3.05) is 6.61 Å². The van der Waals surface area contributed by atoms with E-state index in [4.69, 9.17) is 4.74 Å². The normalized spacial score (nSPS) is 15.6. The summed E-state index contributed by atoms with van der Waals surface area (Å²) in [5, 5.41) is 0. The molecule has 2 aliphatic rings. The van der Waals surface area contributed by atoms with Gasteiger partial charge in [0.2, 0.25) is 0 Å². The van der Waals surface area contributed by atoms with Gasteiger partial charge in [0.1, 0.15) is 5.41 Å². The van der Waals surface area contributed by atoms with Crippen LogP contribution >= 0.6 is 0 Å². The number of esters is 1. The molecule has 2 nitrogen and oxygen atoms in total. The molecule has 0 fully saturated rings. The van der Waals surface area contributed by atoms with Crippen LogP contribution in [0.3, 0.4) is 0 Å². The number of carbonyl (C=O) groups excluding carboxylic acids is 1. The molecule has 6 rings (SSSR count). The number of benzene rings is 4. The molecule has 0 amide bonds. The van der Waals surface area contributed by atoms with Crippen molar-refractivity contribution in [3.8, 4) is 22.3 Å². The van der Waals surface area contributed by atoms with Crippen LogP contribution in [0.2, 0.25) is 0 Å². The lowest BCUT2D eigenvalue weighted by atomic mass is 9.66. The lowest BCUT2D eigenvalue weighted by Crippen LogP contribution is -2.39. The van der Waals surface area contributed by atoms with Crippen molar-refractivity contribution in [1.82, 2.24) is 0 Å². The SMILES string of the molecule is CCOC(=O)C1(CCC2(CC)c3ccccc3-c3ccccc32)c2ccccc2-c2ccccc21. The van der Waals surface area contributed by atoms with Gasteiger partial charge in [0.25, 0.3) is 0 Å². The number of ether oxygens (including phenoxy) is 1. The van der Waals surface area contributed by atoms with Gasteiger partial charge in [-0.3, -0.25) is 4.79 Å². The van der Waals surface area contributed by atoms with Gasteiger partial charge in [0.15, 0.2) is 0 Å². The minimum absolute atomic E-state index is 0.136. The average molecular weight is 459 g/mol. The monoisotopic (exact) mass is 458 g/mol. The van der Waals surface area contributed by atoms with E-state index in [1.54, 1.807) is 0 Å². The van der Waals surface area contributed by atoms with Crippen molar-refractivity contribution in [1.29, 1.82) is 0 Å². The standard InChI is InChI=1S/C33H30O2/c1-3-32(27-17-9-5-13-23(27)24-14-6-10-18-28(24)32)21-22-33(31(34)35-4-2)29-19-11-7-15-25(29)26-16-8-12-20-30(26)33/h5-20H,3-4,21-22H2,1-2H3. The predicted octanol–water partition coefficient (Wildman–Crippen LogP) is 7.67.